The van der Waals surface area contributed by atoms with Crippen molar-refractivity contribution in [1.82, 2.24) is 14.8 Å². The Bertz CT molecular complexity index is 575. The van der Waals surface area contributed by atoms with Crippen molar-refractivity contribution in [3.8, 4) is 0 Å². The summed E-state index contributed by atoms with van der Waals surface area (Å²) < 4.78 is 2.00. The lowest BCUT2D eigenvalue weighted by molar-refractivity contribution is 0.703. The number of rotatable bonds is 5. The van der Waals surface area contributed by atoms with Crippen LogP contribution in [0.25, 0.3) is 0 Å². The van der Waals surface area contributed by atoms with Crippen LogP contribution in [0.1, 0.15) is 11.4 Å². The molecule has 1 heterocycles. The second-order valence-corrected chi connectivity index (χ2v) is 5.67. The molecular formula is C13H13Cl2N3S. The van der Waals surface area contributed by atoms with Gasteiger partial charge in [-0.05, 0) is 24.6 Å². The van der Waals surface area contributed by atoms with Crippen LogP contribution in [0, 0.1) is 6.92 Å². The Hall–Kier alpha value is -0.970. The van der Waals surface area contributed by atoms with Gasteiger partial charge < -0.3 is 4.57 Å². The SMILES string of the molecule is C=CCn1c(C)nnc1SCc1c(Cl)cccc1Cl. The molecule has 1 aromatic heterocycles. The van der Waals surface area contributed by atoms with Crippen molar-refractivity contribution in [3.05, 3.63) is 52.3 Å². The number of nitrogens with zero attached hydrogens (tertiary/aromatic N) is 3. The summed E-state index contributed by atoms with van der Waals surface area (Å²) in [4.78, 5) is 0. The topological polar surface area (TPSA) is 30.7 Å². The van der Waals surface area contributed by atoms with Gasteiger partial charge in [-0.3, -0.25) is 0 Å². The molecule has 0 radical (unpaired) electrons. The first kappa shape index (κ1) is 14.4. The van der Waals surface area contributed by atoms with E-state index in [1.54, 1.807) is 11.8 Å². The second kappa shape index (κ2) is 6.46. The zero-order chi connectivity index (χ0) is 13.8. The maximum absolute atomic E-state index is 6.15. The zero-order valence-electron chi connectivity index (χ0n) is 10.4. The fourth-order valence-corrected chi connectivity index (χ4v) is 3.35. The fourth-order valence-electron chi connectivity index (χ4n) is 1.61. The van der Waals surface area contributed by atoms with Crippen molar-refractivity contribution < 1.29 is 0 Å². The average Bonchev–Trinajstić information content (AvgIpc) is 2.71. The molecule has 3 nitrogen and oxygen atoms in total. The third-order valence-corrected chi connectivity index (χ3v) is 4.32. The van der Waals surface area contributed by atoms with E-state index in [1.807, 2.05) is 35.8 Å². The van der Waals surface area contributed by atoms with Gasteiger partial charge in [-0.25, -0.2) is 0 Å². The van der Waals surface area contributed by atoms with Crippen molar-refractivity contribution in [3.63, 3.8) is 0 Å². The third-order valence-electron chi connectivity index (χ3n) is 2.62. The van der Waals surface area contributed by atoms with Crippen molar-refractivity contribution in [2.75, 3.05) is 0 Å². The smallest absolute Gasteiger partial charge is 0.191 e. The van der Waals surface area contributed by atoms with Gasteiger partial charge in [-0.2, -0.15) is 0 Å². The minimum atomic E-state index is 0.660. The highest BCUT2D eigenvalue weighted by atomic mass is 35.5. The molecule has 0 N–H and O–H groups in total. The second-order valence-electron chi connectivity index (χ2n) is 3.92. The Kier molecular flexibility index (Phi) is 4.91. The van der Waals surface area contributed by atoms with Crippen LogP contribution in [0.15, 0.2) is 36.0 Å². The van der Waals surface area contributed by atoms with Crippen LogP contribution in [0.3, 0.4) is 0 Å². The van der Waals surface area contributed by atoms with Gasteiger partial charge in [-0.1, -0.05) is 47.1 Å². The molecule has 0 bridgehead atoms. The Morgan fingerprint density at radius 3 is 2.63 bits per heavy atom. The summed E-state index contributed by atoms with van der Waals surface area (Å²) >= 11 is 13.9. The number of aryl methyl sites for hydroxylation is 1. The average molecular weight is 314 g/mol. The number of hydrogen-bond donors (Lipinski definition) is 0. The summed E-state index contributed by atoms with van der Waals surface area (Å²) in [5.74, 6) is 1.53. The van der Waals surface area contributed by atoms with Crippen LogP contribution < -0.4 is 0 Å². The molecule has 0 aliphatic heterocycles. The molecule has 0 unspecified atom stereocenters. The first-order valence-corrected chi connectivity index (χ1v) is 7.44. The van der Waals surface area contributed by atoms with Gasteiger partial charge in [0.25, 0.3) is 0 Å². The highest BCUT2D eigenvalue weighted by Gasteiger charge is 2.11. The van der Waals surface area contributed by atoms with Gasteiger partial charge in [0.15, 0.2) is 5.16 Å². The fraction of sp³-hybridized carbons (Fsp3) is 0.231. The lowest BCUT2D eigenvalue weighted by Gasteiger charge is -2.07. The maximum Gasteiger partial charge on any atom is 0.191 e. The predicted octanol–water partition coefficient (Wildman–Crippen LogP) is 4.37. The van der Waals surface area contributed by atoms with Crippen molar-refractivity contribution in [1.29, 1.82) is 0 Å². The van der Waals surface area contributed by atoms with Crippen LogP contribution in [0.5, 0.6) is 0 Å². The van der Waals surface area contributed by atoms with E-state index >= 15 is 0 Å². The molecule has 1 aromatic carbocycles. The third kappa shape index (κ3) is 3.32. The largest absolute Gasteiger partial charge is 0.302 e. The van der Waals surface area contributed by atoms with E-state index in [0.717, 1.165) is 16.5 Å². The van der Waals surface area contributed by atoms with Crippen molar-refractivity contribution >= 4 is 35.0 Å². The molecule has 0 saturated carbocycles. The van der Waals surface area contributed by atoms with Crippen LogP contribution in [-0.2, 0) is 12.3 Å². The normalized spacial score (nSPS) is 10.7. The van der Waals surface area contributed by atoms with E-state index in [0.29, 0.717) is 22.3 Å². The lowest BCUT2D eigenvalue weighted by atomic mass is 10.2. The lowest BCUT2D eigenvalue weighted by Crippen LogP contribution is -2.00. The Balaban J connectivity index is 2.17. The summed E-state index contributed by atoms with van der Waals surface area (Å²) in [6.07, 6.45) is 1.82. The van der Waals surface area contributed by atoms with Crippen molar-refractivity contribution in [2.45, 2.75) is 24.4 Å². The van der Waals surface area contributed by atoms with Crippen LogP contribution in [-0.4, -0.2) is 14.8 Å². The highest BCUT2D eigenvalue weighted by Crippen LogP contribution is 2.30. The highest BCUT2D eigenvalue weighted by molar-refractivity contribution is 7.98. The number of halogens is 2. The van der Waals surface area contributed by atoms with Gasteiger partial charge in [0.05, 0.1) is 0 Å². The van der Waals surface area contributed by atoms with E-state index in [1.165, 1.54) is 0 Å². The van der Waals surface area contributed by atoms with Gasteiger partial charge in [-0.15, -0.1) is 16.8 Å². The van der Waals surface area contributed by atoms with Gasteiger partial charge >= 0.3 is 0 Å². The number of thioether (sulfide) groups is 1. The molecule has 0 atom stereocenters. The molecule has 0 saturated heterocycles. The number of aromatic nitrogens is 3. The maximum atomic E-state index is 6.15. The van der Waals surface area contributed by atoms with Crippen LogP contribution >= 0.6 is 35.0 Å². The quantitative estimate of drug-likeness (QED) is 0.606. The van der Waals surface area contributed by atoms with E-state index in [9.17, 15) is 0 Å². The van der Waals surface area contributed by atoms with E-state index in [2.05, 4.69) is 16.8 Å². The van der Waals surface area contributed by atoms with Gasteiger partial charge in [0.2, 0.25) is 0 Å². The van der Waals surface area contributed by atoms with Crippen molar-refractivity contribution in [2.24, 2.45) is 0 Å². The minimum Gasteiger partial charge on any atom is -0.302 e. The zero-order valence-corrected chi connectivity index (χ0v) is 12.8. The molecule has 6 heteroatoms. The van der Waals surface area contributed by atoms with Crippen LogP contribution in [0.2, 0.25) is 10.0 Å². The van der Waals surface area contributed by atoms with Gasteiger partial charge in [0.1, 0.15) is 5.82 Å². The standard InChI is InChI=1S/C13H13Cl2N3S/c1-3-7-18-9(2)16-17-13(18)19-8-10-11(14)5-4-6-12(10)15/h3-6H,1,7-8H2,2H3. The summed E-state index contributed by atoms with van der Waals surface area (Å²) in [7, 11) is 0. The Morgan fingerprint density at radius 1 is 1.32 bits per heavy atom. The molecule has 2 rings (SSSR count). The van der Waals surface area contributed by atoms with E-state index in [4.69, 9.17) is 23.2 Å². The molecule has 0 amide bonds. The summed E-state index contributed by atoms with van der Waals surface area (Å²) in [5.41, 5.74) is 0.918. The monoisotopic (exact) mass is 313 g/mol. The van der Waals surface area contributed by atoms with E-state index < -0.39 is 0 Å². The molecule has 0 aliphatic rings. The molecule has 0 aliphatic carbocycles. The number of hydrogen-bond acceptors (Lipinski definition) is 3. The molecule has 19 heavy (non-hydrogen) atoms. The predicted molar refractivity (Wildman–Crippen MR) is 81.0 cm³/mol. The van der Waals surface area contributed by atoms with E-state index in [-0.39, 0.29) is 0 Å². The van der Waals surface area contributed by atoms with Crippen LogP contribution in [0.4, 0.5) is 0 Å². The first-order valence-electron chi connectivity index (χ1n) is 5.70. The molecule has 0 fully saturated rings. The molecule has 2 aromatic rings. The molecule has 100 valence electrons. The van der Waals surface area contributed by atoms with Gasteiger partial charge in [0, 0.05) is 22.3 Å². The minimum absolute atomic E-state index is 0.660. The first-order chi connectivity index (χ1) is 9.13. The summed E-state index contributed by atoms with van der Waals surface area (Å²) in [5, 5.41) is 10.4. The summed E-state index contributed by atoms with van der Waals surface area (Å²) in [6, 6.07) is 5.51. The molecule has 0 spiro atoms. The molecular weight excluding hydrogens is 301 g/mol. The Labute approximate surface area is 126 Å². The Morgan fingerprint density at radius 2 is 2.00 bits per heavy atom. The number of benzene rings is 1. The number of allylic oxidation sites excluding steroid dienone is 1. The summed E-state index contributed by atoms with van der Waals surface area (Å²) in [6.45, 7) is 6.35.